The van der Waals surface area contributed by atoms with Gasteiger partial charge >= 0.3 is 0 Å². The summed E-state index contributed by atoms with van der Waals surface area (Å²) in [6, 6.07) is 22.5. The van der Waals surface area contributed by atoms with Gasteiger partial charge in [0.25, 0.3) is 5.91 Å². The van der Waals surface area contributed by atoms with E-state index in [1.54, 1.807) is 18.2 Å². The Hall–Kier alpha value is -3.74. The number of carbonyl (C=O) groups excluding carboxylic acids is 1. The third-order valence-electron chi connectivity index (χ3n) is 5.53. The Morgan fingerprint density at radius 2 is 1.74 bits per heavy atom. The summed E-state index contributed by atoms with van der Waals surface area (Å²) in [5.41, 5.74) is 5.78. The molecule has 0 spiro atoms. The molecule has 5 rings (SSSR count). The van der Waals surface area contributed by atoms with Crippen LogP contribution in [-0.2, 0) is 0 Å². The summed E-state index contributed by atoms with van der Waals surface area (Å²) < 4.78 is 6.02. The van der Waals surface area contributed by atoms with E-state index in [2.05, 4.69) is 21.7 Å². The molecule has 0 atom stereocenters. The molecule has 0 unspecified atom stereocenters. The van der Waals surface area contributed by atoms with E-state index in [-0.39, 0.29) is 11.0 Å². The SMILES string of the molecule is Cc1cc(C)c2oc(-c3cccc(NC(=S)NC(=O)c4cccc5c(Cl)cccc45)c3)nc2c1. The zero-order chi connectivity index (χ0) is 23.8. The van der Waals surface area contributed by atoms with Gasteiger partial charge in [-0.05, 0) is 79.0 Å². The maximum absolute atomic E-state index is 12.9. The number of benzene rings is 4. The van der Waals surface area contributed by atoms with Crippen molar-refractivity contribution < 1.29 is 9.21 Å². The van der Waals surface area contributed by atoms with Crippen molar-refractivity contribution in [3.63, 3.8) is 0 Å². The topological polar surface area (TPSA) is 67.2 Å². The van der Waals surface area contributed by atoms with Crippen LogP contribution in [0, 0.1) is 13.8 Å². The lowest BCUT2D eigenvalue weighted by molar-refractivity contribution is 0.0979. The Morgan fingerprint density at radius 1 is 0.971 bits per heavy atom. The van der Waals surface area contributed by atoms with Gasteiger partial charge in [-0.15, -0.1) is 0 Å². The number of anilines is 1. The molecule has 0 aliphatic carbocycles. The molecule has 168 valence electrons. The molecule has 5 aromatic rings. The first-order valence-electron chi connectivity index (χ1n) is 10.7. The number of fused-ring (bicyclic) bond motifs is 2. The Balaban J connectivity index is 1.35. The predicted molar refractivity (Wildman–Crippen MR) is 142 cm³/mol. The van der Waals surface area contributed by atoms with Crippen LogP contribution in [0.1, 0.15) is 21.5 Å². The second kappa shape index (κ2) is 8.89. The summed E-state index contributed by atoms with van der Waals surface area (Å²) in [6.07, 6.45) is 0. The van der Waals surface area contributed by atoms with Gasteiger partial charge in [-0.25, -0.2) is 4.98 Å². The van der Waals surface area contributed by atoms with Gasteiger partial charge < -0.3 is 9.73 Å². The van der Waals surface area contributed by atoms with E-state index in [9.17, 15) is 4.79 Å². The molecular formula is C27H20ClN3O2S. The van der Waals surface area contributed by atoms with Gasteiger partial charge in [-0.3, -0.25) is 10.1 Å². The first-order valence-corrected chi connectivity index (χ1v) is 11.5. The van der Waals surface area contributed by atoms with E-state index in [0.717, 1.165) is 38.6 Å². The lowest BCUT2D eigenvalue weighted by Crippen LogP contribution is -2.34. The van der Waals surface area contributed by atoms with Crippen LogP contribution >= 0.6 is 23.8 Å². The highest BCUT2D eigenvalue weighted by Gasteiger charge is 2.14. The predicted octanol–water partition coefficient (Wildman–Crippen LogP) is 7.05. The molecule has 0 radical (unpaired) electrons. The van der Waals surface area contributed by atoms with Crippen molar-refractivity contribution in [3.8, 4) is 11.5 Å². The molecule has 0 bridgehead atoms. The van der Waals surface area contributed by atoms with Gasteiger partial charge in [0.2, 0.25) is 5.89 Å². The molecule has 0 saturated heterocycles. The van der Waals surface area contributed by atoms with E-state index in [0.29, 0.717) is 22.2 Å². The summed E-state index contributed by atoms with van der Waals surface area (Å²) in [5, 5.41) is 8.17. The Kier molecular flexibility index (Phi) is 5.77. The van der Waals surface area contributed by atoms with E-state index in [1.807, 2.05) is 62.4 Å². The van der Waals surface area contributed by atoms with Gasteiger partial charge in [0.15, 0.2) is 10.7 Å². The number of hydrogen-bond donors (Lipinski definition) is 2. The second-order valence-electron chi connectivity index (χ2n) is 8.08. The number of nitrogens with one attached hydrogen (secondary N) is 2. The molecule has 34 heavy (non-hydrogen) atoms. The fraction of sp³-hybridized carbons (Fsp3) is 0.0741. The van der Waals surface area contributed by atoms with Crippen LogP contribution in [0.4, 0.5) is 5.69 Å². The molecule has 1 heterocycles. The van der Waals surface area contributed by atoms with Crippen molar-refractivity contribution in [2.24, 2.45) is 0 Å². The minimum absolute atomic E-state index is 0.185. The highest BCUT2D eigenvalue weighted by molar-refractivity contribution is 7.80. The van der Waals surface area contributed by atoms with Gasteiger partial charge in [0.05, 0.1) is 0 Å². The van der Waals surface area contributed by atoms with Crippen LogP contribution < -0.4 is 10.6 Å². The van der Waals surface area contributed by atoms with Crippen molar-refractivity contribution in [2.75, 3.05) is 5.32 Å². The minimum atomic E-state index is -0.314. The quantitative estimate of drug-likeness (QED) is 0.268. The third kappa shape index (κ3) is 4.25. The first kappa shape index (κ1) is 22.1. The highest BCUT2D eigenvalue weighted by atomic mass is 35.5. The number of rotatable bonds is 3. The summed E-state index contributed by atoms with van der Waals surface area (Å²) in [4.78, 5) is 17.6. The lowest BCUT2D eigenvalue weighted by atomic mass is 10.0. The van der Waals surface area contributed by atoms with E-state index < -0.39 is 0 Å². The average molecular weight is 486 g/mol. The van der Waals surface area contributed by atoms with Crippen LogP contribution in [0.2, 0.25) is 5.02 Å². The molecule has 0 aliphatic rings. The normalized spacial score (nSPS) is 11.0. The zero-order valence-electron chi connectivity index (χ0n) is 18.5. The van der Waals surface area contributed by atoms with Crippen LogP contribution in [-0.4, -0.2) is 16.0 Å². The number of amides is 1. The molecule has 2 N–H and O–H groups in total. The number of oxazole rings is 1. The van der Waals surface area contributed by atoms with Gasteiger partial charge in [-0.1, -0.05) is 48.0 Å². The summed E-state index contributed by atoms with van der Waals surface area (Å²) >= 11 is 11.7. The van der Waals surface area contributed by atoms with Crippen LogP contribution in [0.3, 0.4) is 0 Å². The standard InChI is InChI=1S/C27H20ClN3O2S/c1-15-12-16(2)24-23(13-15)30-26(33-24)17-6-3-7-18(14-17)29-27(34)31-25(32)21-10-4-9-20-19(21)8-5-11-22(20)28/h3-14H,1-2H3,(H2,29,31,32,34). The molecule has 1 amide bonds. The zero-order valence-corrected chi connectivity index (χ0v) is 20.1. The maximum Gasteiger partial charge on any atom is 0.258 e. The molecule has 0 aliphatic heterocycles. The van der Waals surface area contributed by atoms with Gasteiger partial charge in [-0.2, -0.15) is 0 Å². The van der Waals surface area contributed by atoms with E-state index in [4.69, 9.17) is 28.2 Å². The van der Waals surface area contributed by atoms with Gasteiger partial charge in [0, 0.05) is 27.2 Å². The monoisotopic (exact) mass is 485 g/mol. The largest absolute Gasteiger partial charge is 0.436 e. The minimum Gasteiger partial charge on any atom is -0.436 e. The van der Waals surface area contributed by atoms with Crippen LogP contribution in [0.25, 0.3) is 33.3 Å². The van der Waals surface area contributed by atoms with Crippen molar-refractivity contribution >= 4 is 62.4 Å². The van der Waals surface area contributed by atoms with Crippen molar-refractivity contribution in [2.45, 2.75) is 13.8 Å². The number of nitrogens with zero attached hydrogens (tertiary/aromatic N) is 1. The van der Waals surface area contributed by atoms with Crippen LogP contribution in [0.15, 0.2) is 77.2 Å². The number of aromatic nitrogens is 1. The highest BCUT2D eigenvalue weighted by Crippen LogP contribution is 2.29. The average Bonchev–Trinajstić information content (AvgIpc) is 3.24. The summed E-state index contributed by atoms with van der Waals surface area (Å²) in [7, 11) is 0. The summed E-state index contributed by atoms with van der Waals surface area (Å²) in [5.74, 6) is 0.209. The van der Waals surface area contributed by atoms with Crippen molar-refractivity contribution in [3.05, 3.63) is 94.5 Å². The second-order valence-corrected chi connectivity index (χ2v) is 8.89. The molecule has 4 aromatic carbocycles. The maximum atomic E-state index is 12.9. The van der Waals surface area contributed by atoms with Crippen molar-refractivity contribution in [1.82, 2.24) is 10.3 Å². The smallest absolute Gasteiger partial charge is 0.258 e. The third-order valence-corrected chi connectivity index (χ3v) is 6.06. The number of halogens is 1. The number of aryl methyl sites for hydroxylation is 2. The van der Waals surface area contributed by atoms with Crippen LogP contribution in [0.5, 0.6) is 0 Å². The molecule has 0 saturated carbocycles. The first-order chi connectivity index (χ1) is 16.4. The Morgan fingerprint density at radius 3 is 2.59 bits per heavy atom. The molecule has 5 nitrogen and oxygen atoms in total. The fourth-order valence-corrected chi connectivity index (χ4v) is 4.48. The van der Waals surface area contributed by atoms with Crippen molar-refractivity contribution in [1.29, 1.82) is 0 Å². The van der Waals surface area contributed by atoms with E-state index >= 15 is 0 Å². The number of thiocarbonyl (C=S) groups is 1. The van der Waals surface area contributed by atoms with E-state index in [1.165, 1.54) is 0 Å². The molecule has 0 fully saturated rings. The lowest BCUT2D eigenvalue weighted by Gasteiger charge is -2.12. The Labute approximate surface area is 206 Å². The summed E-state index contributed by atoms with van der Waals surface area (Å²) in [6.45, 7) is 4.04. The molecule has 7 heteroatoms. The number of hydrogen-bond acceptors (Lipinski definition) is 4. The Bertz CT molecular complexity index is 1590. The molecule has 1 aromatic heterocycles. The number of carbonyl (C=O) groups is 1. The van der Waals surface area contributed by atoms with Gasteiger partial charge in [0.1, 0.15) is 5.52 Å². The fourth-order valence-electron chi connectivity index (χ4n) is 4.03. The molecular weight excluding hydrogens is 466 g/mol.